The predicted molar refractivity (Wildman–Crippen MR) is 85.0 cm³/mol. The number of carbonyl (C=O) groups is 2. The van der Waals surface area contributed by atoms with Gasteiger partial charge in [-0.1, -0.05) is 6.92 Å². The van der Waals surface area contributed by atoms with Crippen LogP contribution in [0.4, 0.5) is 5.82 Å². The summed E-state index contributed by atoms with van der Waals surface area (Å²) in [5, 5.41) is 16.1. The minimum absolute atomic E-state index is 0.0501. The predicted octanol–water partition coefficient (Wildman–Crippen LogP) is 1.68. The molecule has 1 rings (SSSR count). The summed E-state index contributed by atoms with van der Waals surface area (Å²) in [6.07, 6.45) is 0.791. The number of anilines is 1. The quantitative estimate of drug-likeness (QED) is 0.800. The largest absolute Gasteiger partial charge is 0.480 e. The van der Waals surface area contributed by atoms with E-state index in [0.29, 0.717) is 12.4 Å². The minimum atomic E-state index is -0.933. The van der Waals surface area contributed by atoms with Gasteiger partial charge in [0.1, 0.15) is 5.82 Å². The van der Waals surface area contributed by atoms with Crippen LogP contribution in [0, 0.1) is 6.92 Å². The second-order valence-corrected chi connectivity index (χ2v) is 6.41. The molecule has 1 amide bonds. The summed E-state index contributed by atoms with van der Waals surface area (Å²) < 4.78 is 1.77. The van der Waals surface area contributed by atoms with Gasteiger partial charge in [-0.25, -0.2) is 4.68 Å². The Morgan fingerprint density at radius 3 is 2.50 bits per heavy atom. The first-order valence-electron chi connectivity index (χ1n) is 7.44. The molecule has 7 heteroatoms. The fourth-order valence-corrected chi connectivity index (χ4v) is 2.21. The molecule has 0 unspecified atom stereocenters. The van der Waals surface area contributed by atoms with E-state index in [1.807, 2.05) is 40.7 Å². The van der Waals surface area contributed by atoms with E-state index in [1.54, 1.807) is 9.58 Å². The van der Waals surface area contributed by atoms with Gasteiger partial charge in [0.2, 0.25) is 5.91 Å². The molecule has 0 spiro atoms. The van der Waals surface area contributed by atoms with Crippen molar-refractivity contribution in [3.63, 3.8) is 0 Å². The lowest BCUT2D eigenvalue weighted by molar-refractivity contribution is -0.138. The molecule has 0 radical (unpaired) electrons. The topological polar surface area (TPSA) is 87.5 Å². The Bertz CT molecular complexity index is 531. The molecular formula is C15H26N4O3. The molecule has 0 saturated carbocycles. The highest BCUT2D eigenvalue weighted by atomic mass is 16.4. The van der Waals surface area contributed by atoms with Gasteiger partial charge >= 0.3 is 5.97 Å². The number of aliphatic carboxylic acids is 1. The normalized spacial score (nSPS) is 11.7. The number of aromatic nitrogens is 2. The standard InChI is InChI=1S/C15H26N4O3/c1-6-7-18(10-14(21)22)9-13(20)16-12-8-11(2)17-19(12)15(3,4)5/h8H,6-7,9-10H2,1-5H3,(H,16,20)(H,21,22). The number of carboxylic acids is 1. The molecule has 0 aliphatic carbocycles. The van der Waals surface area contributed by atoms with Crippen LogP contribution in [0.15, 0.2) is 6.07 Å². The Morgan fingerprint density at radius 2 is 2.00 bits per heavy atom. The summed E-state index contributed by atoms with van der Waals surface area (Å²) in [6.45, 7) is 10.3. The molecule has 22 heavy (non-hydrogen) atoms. The number of carbonyl (C=O) groups excluding carboxylic acids is 1. The number of hydrogen-bond acceptors (Lipinski definition) is 4. The van der Waals surface area contributed by atoms with Gasteiger partial charge in [-0.15, -0.1) is 0 Å². The maximum absolute atomic E-state index is 12.2. The van der Waals surface area contributed by atoms with Crippen LogP contribution in [0.1, 0.15) is 39.8 Å². The highest BCUT2D eigenvalue weighted by molar-refractivity contribution is 5.91. The third kappa shape index (κ3) is 5.48. The van der Waals surface area contributed by atoms with Crippen molar-refractivity contribution in [1.82, 2.24) is 14.7 Å². The molecule has 0 bridgehead atoms. The maximum Gasteiger partial charge on any atom is 0.317 e. The second kappa shape index (κ2) is 7.40. The minimum Gasteiger partial charge on any atom is -0.480 e. The van der Waals surface area contributed by atoms with Crippen molar-refractivity contribution < 1.29 is 14.7 Å². The average molecular weight is 310 g/mol. The molecule has 0 aromatic carbocycles. The molecule has 0 aliphatic heterocycles. The van der Waals surface area contributed by atoms with Crippen molar-refractivity contribution >= 4 is 17.7 Å². The molecule has 2 N–H and O–H groups in total. The van der Waals surface area contributed by atoms with Crippen LogP contribution in [0.3, 0.4) is 0 Å². The van der Waals surface area contributed by atoms with Gasteiger partial charge in [0.15, 0.2) is 0 Å². The van der Waals surface area contributed by atoms with Crippen molar-refractivity contribution in [3.8, 4) is 0 Å². The van der Waals surface area contributed by atoms with E-state index >= 15 is 0 Å². The summed E-state index contributed by atoms with van der Waals surface area (Å²) in [6, 6.07) is 1.81. The number of amides is 1. The summed E-state index contributed by atoms with van der Waals surface area (Å²) >= 11 is 0. The zero-order valence-electron chi connectivity index (χ0n) is 14.0. The monoisotopic (exact) mass is 310 g/mol. The number of nitrogens with zero attached hydrogens (tertiary/aromatic N) is 3. The summed E-state index contributed by atoms with van der Waals surface area (Å²) in [4.78, 5) is 24.6. The Kier molecular flexibility index (Phi) is 6.11. The third-order valence-corrected chi connectivity index (χ3v) is 3.00. The van der Waals surface area contributed by atoms with E-state index in [0.717, 1.165) is 12.1 Å². The van der Waals surface area contributed by atoms with Gasteiger partial charge in [0.05, 0.1) is 24.3 Å². The van der Waals surface area contributed by atoms with E-state index < -0.39 is 5.97 Å². The summed E-state index contributed by atoms with van der Waals surface area (Å²) in [7, 11) is 0. The lowest BCUT2D eigenvalue weighted by atomic mass is 10.1. The first-order chi connectivity index (χ1) is 10.1. The van der Waals surface area contributed by atoms with Crippen molar-refractivity contribution in [2.45, 2.75) is 46.6 Å². The van der Waals surface area contributed by atoms with Crippen LogP contribution in [-0.2, 0) is 15.1 Å². The molecule has 1 aromatic heterocycles. The highest BCUT2D eigenvalue weighted by Crippen LogP contribution is 2.21. The second-order valence-electron chi connectivity index (χ2n) is 6.41. The zero-order chi connectivity index (χ0) is 16.9. The fourth-order valence-electron chi connectivity index (χ4n) is 2.21. The van der Waals surface area contributed by atoms with Crippen molar-refractivity contribution in [3.05, 3.63) is 11.8 Å². The number of rotatable bonds is 7. The summed E-state index contributed by atoms with van der Waals surface area (Å²) in [5.41, 5.74) is 0.572. The number of carboxylic acid groups (broad SMARTS) is 1. The van der Waals surface area contributed by atoms with E-state index in [1.165, 1.54) is 0 Å². The SMILES string of the molecule is CCCN(CC(=O)O)CC(=O)Nc1cc(C)nn1C(C)(C)C. The first kappa shape index (κ1) is 18.2. The van der Waals surface area contributed by atoms with Crippen LogP contribution in [-0.4, -0.2) is 51.3 Å². The summed E-state index contributed by atoms with van der Waals surface area (Å²) in [5.74, 6) is -0.543. The lowest BCUT2D eigenvalue weighted by Gasteiger charge is -2.23. The van der Waals surface area contributed by atoms with Gasteiger partial charge in [-0.2, -0.15) is 5.10 Å². The first-order valence-corrected chi connectivity index (χ1v) is 7.44. The van der Waals surface area contributed by atoms with E-state index in [9.17, 15) is 9.59 Å². The fraction of sp³-hybridized carbons (Fsp3) is 0.667. The molecule has 124 valence electrons. The Morgan fingerprint density at radius 1 is 1.36 bits per heavy atom. The molecule has 1 heterocycles. The van der Waals surface area contributed by atoms with Gasteiger partial charge < -0.3 is 10.4 Å². The molecule has 1 aromatic rings. The van der Waals surface area contributed by atoms with Crippen molar-refractivity contribution in [1.29, 1.82) is 0 Å². The van der Waals surface area contributed by atoms with Gasteiger partial charge in [-0.3, -0.25) is 14.5 Å². The number of aryl methyl sites for hydroxylation is 1. The molecule has 0 aliphatic rings. The van der Waals surface area contributed by atoms with Crippen LogP contribution >= 0.6 is 0 Å². The maximum atomic E-state index is 12.2. The smallest absolute Gasteiger partial charge is 0.317 e. The van der Waals surface area contributed by atoms with E-state index in [2.05, 4.69) is 10.4 Å². The average Bonchev–Trinajstić information content (AvgIpc) is 2.69. The van der Waals surface area contributed by atoms with E-state index in [-0.39, 0.29) is 24.5 Å². The highest BCUT2D eigenvalue weighted by Gasteiger charge is 2.21. The molecular weight excluding hydrogens is 284 g/mol. The third-order valence-electron chi connectivity index (χ3n) is 3.00. The number of hydrogen-bond donors (Lipinski definition) is 2. The van der Waals surface area contributed by atoms with E-state index in [4.69, 9.17) is 5.11 Å². The van der Waals surface area contributed by atoms with Gasteiger partial charge in [0, 0.05) is 6.07 Å². The Hall–Kier alpha value is -1.89. The lowest BCUT2D eigenvalue weighted by Crippen LogP contribution is -2.38. The molecule has 7 nitrogen and oxygen atoms in total. The van der Waals surface area contributed by atoms with Crippen LogP contribution in [0.25, 0.3) is 0 Å². The molecule has 0 saturated heterocycles. The van der Waals surface area contributed by atoms with Gasteiger partial charge in [0.25, 0.3) is 0 Å². The van der Waals surface area contributed by atoms with Crippen LogP contribution < -0.4 is 5.32 Å². The van der Waals surface area contributed by atoms with Crippen LogP contribution in [0.5, 0.6) is 0 Å². The van der Waals surface area contributed by atoms with Crippen LogP contribution in [0.2, 0.25) is 0 Å². The Labute approximate surface area is 131 Å². The van der Waals surface area contributed by atoms with Crippen molar-refractivity contribution in [2.75, 3.05) is 25.0 Å². The van der Waals surface area contributed by atoms with Gasteiger partial charge in [-0.05, 0) is 40.7 Å². The number of nitrogens with one attached hydrogen (secondary N) is 1. The Balaban J connectivity index is 2.78. The zero-order valence-corrected chi connectivity index (χ0v) is 14.0. The molecule has 0 fully saturated rings. The molecule has 0 atom stereocenters. The van der Waals surface area contributed by atoms with Crippen molar-refractivity contribution in [2.24, 2.45) is 0 Å².